The lowest BCUT2D eigenvalue weighted by Crippen LogP contribution is -2.08. The zero-order valence-corrected chi connectivity index (χ0v) is 10.2. The van der Waals surface area contributed by atoms with Gasteiger partial charge in [-0.1, -0.05) is 31.5 Å². The second kappa shape index (κ2) is 4.10. The maximum absolute atomic E-state index is 11.1. The molecule has 0 aliphatic heterocycles. The zero-order chi connectivity index (χ0) is 11.9. The molecule has 0 saturated heterocycles. The van der Waals surface area contributed by atoms with Gasteiger partial charge in [0.15, 0.2) is 0 Å². The number of hydrogen-bond acceptors (Lipinski definition) is 1. The quantitative estimate of drug-likeness (QED) is 0.855. The third kappa shape index (κ3) is 1.82. The van der Waals surface area contributed by atoms with Gasteiger partial charge in [-0.25, -0.2) is 0 Å². The molecule has 86 valence electrons. The van der Waals surface area contributed by atoms with Gasteiger partial charge in [0.1, 0.15) is 0 Å². The Kier molecular flexibility index (Phi) is 2.94. The molecular formula is C13H15ClO2. The first-order valence-corrected chi connectivity index (χ1v) is 5.93. The minimum absolute atomic E-state index is 0.367. The average molecular weight is 239 g/mol. The van der Waals surface area contributed by atoms with Crippen molar-refractivity contribution in [2.24, 2.45) is 0 Å². The van der Waals surface area contributed by atoms with Gasteiger partial charge >= 0.3 is 5.97 Å². The van der Waals surface area contributed by atoms with Crippen molar-refractivity contribution < 1.29 is 9.90 Å². The van der Waals surface area contributed by atoms with Crippen LogP contribution in [0.2, 0.25) is 5.02 Å². The van der Waals surface area contributed by atoms with Gasteiger partial charge in [-0.3, -0.25) is 4.79 Å². The van der Waals surface area contributed by atoms with E-state index in [1.54, 1.807) is 0 Å². The summed E-state index contributed by atoms with van der Waals surface area (Å²) in [6, 6.07) is 3.92. The molecule has 16 heavy (non-hydrogen) atoms. The number of aryl methyl sites for hydroxylation is 1. The van der Waals surface area contributed by atoms with Crippen LogP contribution in [-0.2, 0) is 11.2 Å². The summed E-state index contributed by atoms with van der Waals surface area (Å²) in [5.41, 5.74) is 3.17. The number of carboxylic acids is 1. The summed E-state index contributed by atoms with van der Waals surface area (Å²) in [6.45, 7) is 4.19. The highest BCUT2D eigenvalue weighted by molar-refractivity contribution is 6.31. The van der Waals surface area contributed by atoms with Crippen LogP contribution in [0, 0.1) is 0 Å². The van der Waals surface area contributed by atoms with Crippen molar-refractivity contribution in [1.29, 1.82) is 0 Å². The van der Waals surface area contributed by atoms with Gasteiger partial charge in [0, 0.05) is 5.02 Å². The molecule has 0 spiro atoms. The molecule has 1 aromatic rings. The number of fused-ring (bicyclic) bond motifs is 1. The third-order valence-electron chi connectivity index (χ3n) is 3.26. The molecule has 0 amide bonds. The molecule has 2 nitrogen and oxygen atoms in total. The third-order valence-corrected chi connectivity index (χ3v) is 3.58. The molecule has 1 N–H and O–H groups in total. The van der Waals surface area contributed by atoms with E-state index in [9.17, 15) is 4.79 Å². The molecule has 1 aliphatic carbocycles. The summed E-state index contributed by atoms with van der Waals surface area (Å²) < 4.78 is 0. The number of carbonyl (C=O) groups is 1. The van der Waals surface area contributed by atoms with Gasteiger partial charge in [0.2, 0.25) is 0 Å². The van der Waals surface area contributed by atoms with E-state index in [0.717, 1.165) is 23.1 Å². The molecule has 2 rings (SSSR count). The van der Waals surface area contributed by atoms with Crippen molar-refractivity contribution in [3.63, 3.8) is 0 Å². The van der Waals surface area contributed by atoms with E-state index >= 15 is 0 Å². The van der Waals surface area contributed by atoms with Crippen molar-refractivity contribution in [2.45, 2.75) is 38.5 Å². The van der Waals surface area contributed by atoms with E-state index in [0.29, 0.717) is 17.4 Å². The fourth-order valence-electron chi connectivity index (χ4n) is 2.35. The average Bonchev–Trinajstić information content (AvgIpc) is 2.58. The van der Waals surface area contributed by atoms with Gasteiger partial charge in [-0.2, -0.15) is 0 Å². The molecule has 1 atom stereocenters. The maximum atomic E-state index is 11.1. The van der Waals surface area contributed by atoms with E-state index in [2.05, 4.69) is 19.9 Å². The van der Waals surface area contributed by atoms with Crippen LogP contribution in [0.3, 0.4) is 0 Å². The van der Waals surface area contributed by atoms with Crippen LogP contribution < -0.4 is 0 Å². The summed E-state index contributed by atoms with van der Waals surface area (Å²) in [5.74, 6) is -0.734. The highest BCUT2D eigenvalue weighted by Gasteiger charge is 2.29. The standard InChI is InChI=1S/C13H15ClO2/c1-7(2)10-5-8-3-4-9(13(15)16)11(8)6-12(10)14/h5-7,9H,3-4H2,1-2H3,(H,15,16). The van der Waals surface area contributed by atoms with Gasteiger partial charge in [-0.05, 0) is 41.5 Å². The van der Waals surface area contributed by atoms with Crippen molar-refractivity contribution in [3.8, 4) is 0 Å². The predicted molar refractivity (Wildman–Crippen MR) is 64.2 cm³/mol. The van der Waals surface area contributed by atoms with Crippen molar-refractivity contribution in [3.05, 3.63) is 33.8 Å². The summed E-state index contributed by atoms with van der Waals surface area (Å²) in [7, 11) is 0. The maximum Gasteiger partial charge on any atom is 0.310 e. The lowest BCUT2D eigenvalue weighted by Gasteiger charge is -2.12. The Morgan fingerprint density at radius 1 is 1.50 bits per heavy atom. The number of hydrogen-bond donors (Lipinski definition) is 1. The predicted octanol–water partition coefficient (Wildman–Crippen LogP) is 3.58. The monoisotopic (exact) mass is 238 g/mol. The van der Waals surface area contributed by atoms with Crippen LogP contribution in [0.1, 0.15) is 48.8 Å². The molecule has 1 unspecified atom stereocenters. The van der Waals surface area contributed by atoms with Crippen LogP contribution in [-0.4, -0.2) is 11.1 Å². The van der Waals surface area contributed by atoms with Gasteiger partial charge in [0.25, 0.3) is 0 Å². The molecule has 0 aromatic heterocycles. The molecule has 1 aromatic carbocycles. The SMILES string of the molecule is CC(C)c1cc2c(cc1Cl)C(C(=O)O)CC2. The Hall–Kier alpha value is -1.02. The Labute approximate surface area is 100 Å². The summed E-state index contributed by atoms with van der Waals surface area (Å²) in [5, 5.41) is 9.78. The van der Waals surface area contributed by atoms with Crippen LogP contribution in [0.25, 0.3) is 0 Å². The first-order valence-electron chi connectivity index (χ1n) is 5.55. The lowest BCUT2D eigenvalue weighted by atomic mass is 9.96. The van der Waals surface area contributed by atoms with Gasteiger partial charge in [0.05, 0.1) is 5.92 Å². The van der Waals surface area contributed by atoms with Gasteiger partial charge in [-0.15, -0.1) is 0 Å². The van der Waals surface area contributed by atoms with Crippen molar-refractivity contribution in [1.82, 2.24) is 0 Å². The zero-order valence-electron chi connectivity index (χ0n) is 9.46. The molecule has 1 aliphatic rings. The fourth-order valence-corrected chi connectivity index (χ4v) is 2.74. The topological polar surface area (TPSA) is 37.3 Å². The van der Waals surface area contributed by atoms with Crippen LogP contribution in [0.15, 0.2) is 12.1 Å². The summed E-state index contributed by atoms with van der Waals surface area (Å²) >= 11 is 6.18. The molecule has 0 saturated carbocycles. The number of benzene rings is 1. The highest BCUT2D eigenvalue weighted by Crippen LogP contribution is 2.38. The minimum Gasteiger partial charge on any atom is -0.481 e. The van der Waals surface area contributed by atoms with E-state index in [-0.39, 0.29) is 5.92 Å². The second-order valence-corrected chi connectivity index (χ2v) is 5.06. The molecular weight excluding hydrogens is 224 g/mol. The van der Waals surface area contributed by atoms with Gasteiger partial charge < -0.3 is 5.11 Å². The highest BCUT2D eigenvalue weighted by atomic mass is 35.5. The first kappa shape index (κ1) is 11.5. The largest absolute Gasteiger partial charge is 0.481 e. The normalized spacial score (nSPS) is 18.9. The first-order chi connectivity index (χ1) is 7.50. The van der Waals surface area contributed by atoms with E-state index < -0.39 is 5.97 Å². The Morgan fingerprint density at radius 3 is 2.75 bits per heavy atom. The smallest absolute Gasteiger partial charge is 0.310 e. The molecule has 0 heterocycles. The fraction of sp³-hybridized carbons (Fsp3) is 0.462. The molecule has 3 heteroatoms. The summed E-state index contributed by atoms with van der Waals surface area (Å²) in [4.78, 5) is 11.1. The second-order valence-electron chi connectivity index (χ2n) is 4.66. The Balaban J connectivity index is 2.48. The van der Waals surface area contributed by atoms with Crippen molar-refractivity contribution in [2.75, 3.05) is 0 Å². The molecule has 0 radical (unpaired) electrons. The number of carboxylic acid groups (broad SMARTS) is 1. The number of aliphatic carboxylic acids is 1. The molecule has 0 fully saturated rings. The minimum atomic E-state index is -0.743. The van der Waals surface area contributed by atoms with E-state index in [1.807, 2.05) is 6.07 Å². The van der Waals surface area contributed by atoms with Crippen LogP contribution in [0.4, 0.5) is 0 Å². The van der Waals surface area contributed by atoms with Crippen LogP contribution >= 0.6 is 11.6 Å². The Morgan fingerprint density at radius 2 is 2.19 bits per heavy atom. The molecule has 0 bridgehead atoms. The van der Waals surface area contributed by atoms with Crippen LogP contribution in [0.5, 0.6) is 0 Å². The van der Waals surface area contributed by atoms with E-state index in [1.165, 1.54) is 0 Å². The van der Waals surface area contributed by atoms with E-state index in [4.69, 9.17) is 16.7 Å². The number of halogens is 1. The van der Waals surface area contributed by atoms with Crippen molar-refractivity contribution >= 4 is 17.6 Å². The number of rotatable bonds is 2. The lowest BCUT2D eigenvalue weighted by molar-refractivity contribution is -0.138. The Bertz CT molecular complexity index is 438. The summed E-state index contributed by atoms with van der Waals surface area (Å²) in [6.07, 6.45) is 1.55.